The van der Waals surface area contributed by atoms with Crippen LogP contribution in [0.15, 0.2) is 71.8 Å². The Morgan fingerprint density at radius 2 is 1.83 bits per heavy atom. The van der Waals surface area contributed by atoms with Gasteiger partial charge in [0.25, 0.3) is 5.88 Å². The van der Waals surface area contributed by atoms with E-state index in [0.717, 1.165) is 4.68 Å². The second-order valence-electron chi connectivity index (χ2n) is 6.06. The topological polar surface area (TPSA) is 99.8 Å². The first-order valence-corrected chi connectivity index (χ1v) is 8.75. The first-order valence-electron chi connectivity index (χ1n) is 8.75. The van der Waals surface area contributed by atoms with Gasteiger partial charge >= 0.3 is 5.69 Å². The Morgan fingerprint density at radius 1 is 1.07 bits per heavy atom. The number of benzene rings is 2. The third-order valence-corrected chi connectivity index (χ3v) is 4.09. The number of carbonyl (C=O) groups is 1. The van der Waals surface area contributed by atoms with Crippen molar-refractivity contribution in [1.29, 1.82) is 0 Å². The normalized spacial score (nSPS) is 10.7. The Bertz CT molecular complexity index is 1200. The number of nitrogens with zero attached hydrogens (tertiary/aromatic N) is 4. The highest BCUT2D eigenvalue weighted by Gasteiger charge is 2.15. The van der Waals surface area contributed by atoms with Gasteiger partial charge in [0.2, 0.25) is 11.6 Å². The smallest absolute Gasteiger partial charge is 0.351 e. The van der Waals surface area contributed by atoms with Crippen LogP contribution in [-0.2, 0) is 11.3 Å². The van der Waals surface area contributed by atoms with Crippen molar-refractivity contribution in [3.8, 4) is 17.4 Å². The van der Waals surface area contributed by atoms with Crippen LogP contribution in [0.5, 0.6) is 17.4 Å². The second-order valence-corrected chi connectivity index (χ2v) is 6.06. The summed E-state index contributed by atoms with van der Waals surface area (Å²) in [5, 5.41) is 6.93. The van der Waals surface area contributed by atoms with Crippen molar-refractivity contribution in [1.82, 2.24) is 19.2 Å². The quantitative estimate of drug-likeness (QED) is 0.542. The molecule has 146 valence electrons. The van der Waals surface area contributed by atoms with Gasteiger partial charge in [0.15, 0.2) is 0 Å². The molecule has 9 heteroatoms. The van der Waals surface area contributed by atoms with Gasteiger partial charge in [-0.1, -0.05) is 18.2 Å². The number of ether oxygens (including phenoxy) is 2. The molecule has 1 N–H and O–H groups in total. The molecule has 0 bridgehead atoms. The van der Waals surface area contributed by atoms with Crippen molar-refractivity contribution in [2.75, 3.05) is 12.4 Å². The van der Waals surface area contributed by atoms with Crippen molar-refractivity contribution in [3.05, 3.63) is 77.5 Å². The van der Waals surface area contributed by atoms with Crippen LogP contribution in [0.2, 0.25) is 0 Å². The third kappa shape index (κ3) is 3.93. The maximum atomic E-state index is 12.6. The number of para-hydroxylation sites is 1. The van der Waals surface area contributed by atoms with Gasteiger partial charge in [-0.05, 0) is 36.4 Å². The molecule has 4 aromatic rings. The highest BCUT2D eigenvalue weighted by atomic mass is 16.5. The van der Waals surface area contributed by atoms with E-state index in [-0.39, 0.29) is 24.0 Å². The van der Waals surface area contributed by atoms with E-state index in [1.54, 1.807) is 43.5 Å². The van der Waals surface area contributed by atoms with E-state index in [9.17, 15) is 9.59 Å². The summed E-state index contributed by atoms with van der Waals surface area (Å²) in [6.45, 7) is -0.253. The molecule has 0 aliphatic carbocycles. The van der Waals surface area contributed by atoms with Crippen LogP contribution in [0.4, 0.5) is 5.69 Å². The van der Waals surface area contributed by atoms with Gasteiger partial charge in [-0.2, -0.15) is 0 Å². The minimum absolute atomic E-state index is 0.171. The molecule has 1 amide bonds. The fourth-order valence-electron chi connectivity index (χ4n) is 2.71. The molecule has 0 spiro atoms. The van der Waals surface area contributed by atoms with Gasteiger partial charge in [-0.25, -0.2) is 18.9 Å². The summed E-state index contributed by atoms with van der Waals surface area (Å²) in [6.07, 6.45) is 2.91. The van der Waals surface area contributed by atoms with Crippen LogP contribution in [0.1, 0.15) is 0 Å². The van der Waals surface area contributed by atoms with Crippen molar-refractivity contribution in [2.45, 2.75) is 6.54 Å². The van der Waals surface area contributed by atoms with E-state index in [1.165, 1.54) is 16.8 Å². The molecule has 29 heavy (non-hydrogen) atoms. The van der Waals surface area contributed by atoms with Crippen LogP contribution in [-0.4, -0.2) is 32.2 Å². The van der Waals surface area contributed by atoms with E-state index in [2.05, 4.69) is 15.4 Å². The zero-order valence-electron chi connectivity index (χ0n) is 15.5. The summed E-state index contributed by atoms with van der Waals surface area (Å²) in [4.78, 5) is 29.1. The molecule has 0 aliphatic rings. The summed E-state index contributed by atoms with van der Waals surface area (Å²) in [5.41, 5.74) is 0.339. The first-order chi connectivity index (χ1) is 14.1. The number of hydrogen-bond acceptors (Lipinski definition) is 6. The van der Waals surface area contributed by atoms with Gasteiger partial charge in [0.05, 0.1) is 7.11 Å². The molecule has 0 radical (unpaired) electrons. The van der Waals surface area contributed by atoms with Crippen LogP contribution < -0.4 is 20.5 Å². The maximum absolute atomic E-state index is 12.6. The molecule has 2 aromatic carbocycles. The predicted octanol–water partition coefficient (Wildman–Crippen LogP) is 2.33. The first kappa shape index (κ1) is 18.2. The highest BCUT2D eigenvalue weighted by Crippen LogP contribution is 2.21. The molecule has 0 fully saturated rings. The summed E-state index contributed by atoms with van der Waals surface area (Å²) in [6, 6.07) is 15.9. The lowest BCUT2D eigenvalue weighted by atomic mass is 10.3. The van der Waals surface area contributed by atoms with Crippen molar-refractivity contribution < 1.29 is 14.3 Å². The van der Waals surface area contributed by atoms with Gasteiger partial charge < -0.3 is 14.8 Å². The number of fused-ring (bicyclic) bond motifs is 1. The van der Waals surface area contributed by atoms with Gasteiger partial charge in [0, 0.05) is 18.1 Å². The fourth-order valence-corrected chi connectivity index (χ4v) is 2.71. The molecule has 4 rings (SSSR count). The number of aromatic nitrogens is 4. The Balaban J connectivity index is 1.56. The Hall–Kier alpha value is -4.14. The van der Waals surface area contributed by atoms with E-state index < -0.39 is 5.69 Å². The third-order valence-electron chi connectivity index (χ3n) is 4.09. The molecular formula is C20H17N5O4. The summed E-state index contributed by atoms with van der Waals surface area (Å²) >= 11 is 0. The fraction of sp³-hybridized carbons (Fsp3) is 0.100. The Kier molecular flexibility index (Phi) is 4.93. The van der Waals surface area contributed by atoms with E-state index in [1.807, 2.05) is 18.2 Å². The Labute approximate surface area is 165 Å². The van der Waals surface area contributed by atoms with Crippen LogP contribution in [0.3, 0.4) is 0 Å². The largest absolute Gasteiger partial charge is 0.497 e. The molecule has 2 heterocycles. The van der Waals surface area contributed by atoms with Crippen LogP contribution in [0, 0.1) is 0 Å². The predicted molar refractivity (Wildman–Crippen MR) is 105 cm³/mol. The molecule has 0 atom stereocenters. The molecule has 0 saturated carbocycles. The van der Waals surface area contributed by atoms with Crippen molar-refractivity contribution in [3.63, 3.8) is 0 Å². The Morgan fingerprint density at radius 3 is 2.55 bits per heavy atom. The summed E-state index contributed by atoms with van der Waals surface area (Å²) in [5.74, 6) is 1.02. The molecule has 0 saturated heterocycles. The van der Waals surface area contributed by atoms with Gasteiger partial charge in [-0.15, -0.1) is 5.10 Å². The van der Waals surface area contributed by atoms with Crippen LogP contribution >= 0.6 is 0 Å². The molecule has 2 aromatic heterocycles. The molecule has 9 nitrogen and oxygen atoms in total. The molecule has 0 unspecified atom stereocenters. The SMILES string of the molecule is COc1ccc(NC(=O)Cn2nc3c(Oc4ccccc4)nccn3c2=O)cc1. The second kappa shape index (κ2) is 7.85. The standard InChI is InChI=1S/C20H17N5O4/c1-28-15-9-7-14(8-10-15)22-17(26)13-25-20(27)24-12-11-21-19(18(24)23-25)29-16-5-3-2-4-6-16/h2-12H,13H2,1H3,(H,22,26). The highest BCUT2D eigenvalue weighted by molar-refractivity contribution is 5.90. The average Bonchev–Trinajstić information content (AvgIpc) is 3.06. The minimum Gasteiger partial charge on any atom is -0.497 e. The maximum Gasteiger partial charge on any atom is 0.351 e. The van der Waals surface area contributed by atoms with E-state index >= 15 is 0 Å². The van der Waals surface area contributed by atoms with Crippen LogP contribution in [0.25, 0.3) is 5.65 Å². The lowest BCUT2D eigenvalue weighted by molar-refractivity contribution is -0.117. The lowest BCUT2D eigenvalue weighted by Crippen LogP contribution is -2.28. The number of hydrogen-bond donors (Lipinski definition) is 1. The summed E-state index contributed by atoms with van der Waals surface area (Å²) < 4.78 is 13.2. The molecule has 0 aliphatic heterocycles. The van der Waals surface area contributed by atoms with Gasteiger partial charge in [0.1, 0.15) is 18.0 Å². The summed E-state index contributed by atoms with van der Waals surface area (Å²) in [7, 11) is 1.56. The van der Waals surface area contributed by atoms with Gasteiger partial charge in [-0.3, -0.25) is 4.79 Å². The van der Waals surface area contributed by atoms with Crippen molar-refractivity contribution in [2.24, 2.45) is 0 Å². The zero-order chi connectivity index (χ0) is 20.2. The average molecular weight is 391 g/mol. The van der Waals surface area contributed by atoms with E-state index in [4.69, 9.17) is 9.47 Å². The number of nitrogens with one attached hydrogen (secondary N) is 1. The van der Waals surface area contributed by atoms with E-state index in [0.29, 0.717) is 17.2 Å². The van der Waals surface area contributed by atoms with Crippen molar-refractivity contribution >= 4 is 17.2 Å². The number of carbonyl (C=O) groups excluding carboxylic acids is 1. The number of anilines is 1. The molecular weight excluding hydrogens is 374 g/mol. The minimum atomic E-state index is -0.467. The number of amides is 1. The lowest BCUT2D eigenvalue weighted by Gasteiger charge is -2.05. The monoisotopic (exact) mass is 391 g/mol. The number of rotatable bonds is 6. The number of methoxy groups -OCH3 is 1. The zero-order valence-corrected chi connectivity index (χ0v) is 15.5.